The number of rotatable bonds is 22. The number of fused-ring (bicyclic) bond motifs is 3. The SMILES string of the molecule is CC(C)C[C@H](NC(=O)[C@H](Cc1c[nH]c2ccccc12)NC(=O)[C@@H](NC(=O)[C@H](Cc1c[nH]c2ccccc12)NC(=O)[C@H](Cc1cnc[nH]1)NC(=O)[C@@H](N)Cc1c[nH]c2ccccc12)[C@@H](C)O)C(=O)O. The Morgan fingerprint density at radius 3 is 1.44 bits per heavy atom. The summed E-state index contributed by atoms with van der Waals surface area (Å²) in [5.41, 5.74) is 11.4. The number of aliphatic hydroxyl groups is 1. The van der Waals surface area contributed by atoms with Crippen LogP contribution >= 0.6 is 0 Å². The standard InChI is InChI=1S/C49H57N11O8/c1-26(2)16-42(49(67)68)59-45(63)39(18-29-22-53-37-14-8-5-11-33(29)37)58-48(66)43(27(3)61)60-47(65)40(19-30-23-54-38-15-9-6-12-34(30)38)57-46(64)41(20-31-24-51-25-55-31)56-44(62)35(50)17-28-21-52-36-13-7-4-10-32(28)36/h4-15,21-27,35,39-43,52-54,61H,16-20,50H2,1-3H3,(H,51,55)(H,56,62)(H,57,64)(H,58,66)(H,59,63)(H,60,65)(H,67,68)/t27-,35+,39+,40+,41+,42+,43+/m1/s1. The fourth-order valence-electron chi connectivity index (χ4n) is 8.35. The van der Waals surface area contributed by atoms with Gasteiger partial charge in [-0.15, -0.1) is 0 Å². The number of nitrogens with zero attached hydrogens (tertiary/aromatic N) is 1. The van der Waals surface area contributed by atoms with E-state index in [9.17, 15) is 39.0 Å². The van der Waals surface area contributed by atoms with Gasteiger partial charge in [-0.1, -0.05) is 68.4 Å². The van der Waals surface area contributed by atoms with E-state index >= 15 is 0 Å². The van der Waals surface area contributed by atoms with Crippen molar-refractivity contribution in [3.05, 3.63) is 126 Å². The number of H-pyrrole nitrogens is 4. The molecular weight excluding hydrogens is 871 g/mol. The molecule has 0 saturated heterocycles. The molecule has 13 N–H and O–H groups in total. The van der Waals surface area contributed by atoms with Crippen molar-refractivity contribution in [1.29, 1.82) is 0 Å². The third kappa shape index (κ3) is 11.8. The van der Waals surface area contributed by atoms with Crippen molar-refractivity contribution in [3.63, 3.8) is 0 Å². The van der Waals surface area contributed by atoms with E-state index in [-0.39, 0.29) is 38.0 Å². The van der Waals surface area contributed by atoms with Crippen LogP contribution in [-0.4, -0.2) is 113 Å². The van der Waals surface area contributed by atoms with Gasteiger partial charge in [0.25, 0.3) is 0 Å². The highest BCUT2D eigenvalue weighted by Gasteiger charge is 2.36. The maximum absolute atomic E-state index is 14.6. The fraction of sp³-hybridized carbons (Fsp3) is 0.327. The molecule has 0 fully saturated rings. The Morgan fingerprint density at radius 2 is 0.985 bits per heavy atom. The van der Waals surface area contributed by atoms with Crippen LogP contribution in [0, 0.1) is 5.92 Å². The number of benzene rings is 3. The molecule has 7 aromatic rings. The lowest BCUT2D eigenvalue weighted by Gasteiger charge is -2.28. The number of aromatic nitrogens is 5. The van der Waals surface area contributed by atoms with Crippen LogP contribution < -0.4 is 32.3 Å². The molecule has 5 amide bonds. The molecule has 0 bridgehead atoms. The quantitative estimate of drug-likeness (QED) is 0.0471. The van der Waals surface area contributed by atoms with Crippen LogP contribution in [0.2, 0.25) is 0 Å². The maximum Gasteiger partial charge on any atom is 0.326 e. The topological polar surface area (TPSA) is 305 Å². The second-order valence-electron chi connectivity index (χ2n) is 17.5. The Balaban J connectivity index is 1.13. The third-order valence-corrected chi connectivity index (χ3v) is 11.9. The summed E-state index contributed by atoms with van der Waals surface area (Å²) in [7, 11) is 0. The number of carboxylic acid groups (broad SMARTS) is 1. The molecule has 356 valence electrons. The number of carboxylic acids is 1. The predicted octanol–water partition coefficient (Wildman–Crippen LogP) is 2.39. The lowest BCUT2D eigenvalue weighted by Crippen LogP contribution is -2.62. The van der Waals surface area contributed by atoms with Crippen molar-refractivity contribution in [1.82, 2.24) is 51.5 Å². The number of para-hydroxylation sites is 3. The predicted molar refractivity (Wildman–Crippen MR) is 255 cm³/mol. The lowest BCUT2D eigenvalue weighted by atomic mass is 10.0. The number of carbonyl (C=O) groups excluding carboxylic acids is 5. The summed E-state index contributed by atoms with van der Waals surface area (Å²) in [6.45, 7) is 4.91. The highest BCUT2D eigenvalue weighted by atomic mass is 16.4. The van der Waals surface area contributed by atoms with Gasteiger partial charge in [0, 0.05) is 82.5 Å². The van der Waals surface area contributed by atoms with Gasteiger partial charge in [-0.05, 0) is 60.6 Å². The second-order valence-corrected chi connectivity index (χ2v) is 17.5. The van der Waals surface area contributed by atoms with Gasteiger partial charge in [0.1, 0.15) is 30.2 Å². The van der Waals surface area contributed by atoms with Gasteiger partial charge >= 0.3 is 5.97 Å². The number of hydrogen-bond acceptors (Lipinski definition) is 9. The van der Waals surface area contributed by atoms with E-state index in [1.165, 1.54) is 19.4 Å². The molecule has 7 atom stereocenters. The summed E-state index contributed by atoms with van der Waals surface area (Å²) >= 11 is 0. The van der Waals surface area contributed by atoms with Crippen molar-refractivity contribution < 1.29 is 39.0 Å². The van der Waals surface area contributed by atoms with Gasteiger partial charge in [-0.2, -0.15) is 0 Å². The van der Waals surface area contributed by atoms with E-state index in [0.29, 0.717) is 16.8 Å². The van der Waals surface area contributed by atoms with E-state index < -0.39 is 77.9 Å². The maximum atomic E-state index is 14.6. The summed E-state index contributed by atoms with van der Waals surface area (Å²) < 4.78 is 0. The highest BCUT2D eigenvalue weighted by Crippen LogP contribution is 2.22. The van der Waals surface area contributed by atoms with E-state index in [2.05, 4.69) is 51.5 Å². The largest absolute Gasteiger partial charge is 0.480 e. The van der Waals surface area contributed by atoms with E-state index in [0.717, 1.165) is 38.3 Å². The van der Waals surface area contributed by atoms with Gasteiger partial charge in [-0.3, -0.25) is 24.0 Å². The average Bonchev–Trinajstić information content (AvgIpc) is 4.15. The Bertz CT molecular complexity index is 2880. The smallest absolute Gasteiger partial charge is 0.326 e. The molecule has 0 unspecified atom stereocenters. The first-order valence-electron chi connectivity index (χ1n) is 22.5. The molecule has 3 aromatic carbocycles. The zero-order chi connectivity index (χ0) is 48.5. The first kappa shape index (κ1) is 48.2. The summed E-state index contributed by atoms with van der Waals surface area (Å²) in [5, 5.41) is 36.8. The molecule has 0 saturated carbocycles. The fourth-order valence-corrected chi connectivity index (χ4v) is 8.35. The van der Waals surface area contributed by atoms with Crippen LogP contribution in [0.3, 0.4) is 0 Å². The van der Waals surface area contributed by atoms with Crippen molar-refractivity contribution >= 4 is 68.2 Å². The minimum Gasteiger partial charge on any atom is -0.480 e. The Morgan fingerprint density at radius 1 is 0.559 bits per heavy atom. The average molecular weight is 928 g/mol. The normalized spacial score (nSPS) is 14.7. The lowest BCUT2D eigenvalue weighted by molar-refractivity contribution is -0.143. The van der Waals surface area contributed by atoms with Crippen molar-refractivity contribution in [2.24, 2.45) is 11.7 Å². The van der Waals surface area contributed by atoms with Crippen molar-refractivity contribution in [3.8, 4) is 0 Å². The zero-order valence-electron chi connectivity index (χ0n) is 37.8. The van der Waals surface area contributed by atoms with Crippen LogP contribution in [-0.2, 0) is 54.5 Å². The molecule has 0 aliphatic heterocycles. The van der Waals surface area contributed by atoms with E-state index in [4.69, 9.17) is 5.73 Å². The Kier molecular flexibility index (Phi) is 15.4. The summed E-state index contributed by atoms with van der Waals surface area (Å²) in [6, 6.07) is 14.3. The molecule has 0 aliphatic rings. The van der Waals surface area contributed by atoms with Gasteiger partial charge in [0.2, 0.25) is 29.5 Å². The first-order chi connectivity index (χ1) is 32.6. The van der Waals surface area contributed by atoms with Crippen LogP contribution in [0.1, 0.15) is 49.6 Å². The summed E-state index contributed by atoms with van der Waals surface area (Å²) in [4.78, 5) is 99.6. The summed E-state index contributed by atoms with van der Waals surface area (Å²) in [5.74, 6) is -5.32. The molecule has 0 aliphatic carbocycles. The highest BCUT2D eigenvalue weighted by molar-refractivity contribution is 5.98. The molecule has 7 rings (SSSR count). The van der Waals surface area contributed by atoms with E-state index in [1.807, 2.05) is 86.6 Å². The summed E-state index contributed by atoms with van der Waals surface area (Å²) in [6.07, 6.45) is 6.60. The van der Waals surface area contributed by atoms with Gasteiger partial charge in [0.15, 0.2) is 0 Å². The Hall–Kier alpha value is -7.77. The third-order valence-electron chi connectivity index (χ3n) is 11.9. The number of nitrogens with two attached hydrogens (primary N) is 1. The van der Waals surface area contributed by atoms with Crippen LogP contribution in [0.25, 0.3) is 32.7 Å². The van der Waals surface area contributed by atoms with Crippen molar-refractivity contribution in [2.45, 2.75) is 95.2 Å². The first-order valence-corrected chi connectivity index (χ1v) is 22.5. The number of imidazole rings is 1. The number of hydrogen-bond donors (Lipinski definition) is 12. The number of nitrogens with one attached hydrogen (secondary N) is 9. The zero-order valence-corrected chi connectivity index (χ0v) is 37.8. The molecule has 68 heavy (non-hydrogen) atoms. The minimum atomic E-state index is -1.67. The number of aliphatic hydroxyl groups excluding tert-OH is 1. The van der Waals surface area contributed by atoms with Crippen LogP contribution in [0.5, 0.6) is 0 Å². The molecule has 0 spiro atoms. The molecule has 0 radical (unpaired) electrons. The number of carbonyl (C=O) groups is 6. The van der Waals surface area contributed by atoms with Crippen molar-refractivity contribution in [2.75, 3.05) is 0 Å². The van der Waals surface area contributed by atoms with E-state index in [1.54, 1.807) is 18.6 Å². The van der Waals surface area contributed by atoms with Gasteiger partial charge in [0.05, 0.1) is 18.5 Å². The van der Waals surface area contributed by atoms with Crippen LogP contribution in [0.4, 0.5) is 0 Å². The van der Waals surface area contributed by atoms with Gasteiger partial charge in [-0.25, -0.2) is 9.78 Å². The number of aromatic amines is 4. The monoisotopic (exact) mass is 927 g/mol. The molecule has 19 heteroatoms. The van der Waals surface area contributed by atoms with Crippen LogP contribution in [0.15, 0.2) is 104 Å². The molecule has 4 aromatic heterocycles. The molecular formula is C49H57N11O8. The minimum absolute atomic E-state index is 0.0582. The molecule has 4 heterocycles. The Labute approximate surface area is 390 Å². The number of amides is 5. The van der Waals surface area contributed by atoms with Gasteiger partial charge < -0.3 is 62.5 Å². The molecule has 19 nitrogen and oxygen atoms in total. The second kappa shape index (κ2) is 21.7. The number of aliphatic carboxylic acids is 1.